The van der Waals surface area contributed by atoms with Gasteiger partial charge in [-0.1, -0.05) is 46.3 Å². The molecule has 0 aliphatic heterocycles. The predicted molar refractivity (Wildman–Crippen MR) is 71.7 cm³/mol. The molecule has 90 valence electrons. The average Bonchev–Trinajstić information content (AvgIpc) is 1.99. The zero-order valence-electron chi connectivity index (χ0n) is 11.6. The third-order valence-electron chi connectivity index (χ3n) is 2.10. The molecule has 0 fully saturated rings. The van der Waals surface area contributed by atoms with Gasteiger partial charge in [0.15, 0.2) is 8.32 Å². The molecule has 0 rings (SSSR count). The van der Waals surface area contributed by atoms with Crippen molar-refractivity contribution in [3.05, 3.63) is 12.2 Å². The molecule has 0 heterocycles. The van der Waals surface area contributed by atoms with E-state index in [1.54, 1.807) is 0 Å². The first-order valence-corrected chi connectivity index (χ1v) is 9.42. The highest BCUT2D eigenvalue weighted by Crippen LogP contribution is 2.26. The van der Waals surface area contributed by atoms with Gasteiger partial charge >= 0.3 is 0 Å². The summed E-state index contributed by atoms with van der Waals surface area (Å²) < 4.78 is 6.20. The van der Waals surface area contributed by atoms with E-state index in [4.69, 9.17) is 4.43 Å². The SMILES string of the molecule is CCC/C=C/C(O[Si](C)(C)C)C(C)(C)C. The molecule has 0 aromatic rings. The van der Waals surface area contributed by atoms with Crippen molar-refractivity contribution in [2.45, 2.75) is 66.3 Å². The van der Waals surface area contributed by atoms with Crippen LogP contribution in [0.25, 0.3) is 0 Å². The van der Waals surface area contributed by atoms with Crippen LogP contribution in [0.1, 0.15) is 40.5 Å². The highest BCUT2D eigenvalue weighted by atomic mass is 28.4. The topological polar surface area (TPSA) is 9.23 Å². The number of rotatable bonds is 5. The fourth-order valence-corrected chi connectivity index (χ4v) is 2.47. The Kier molecular flexibility index (Phi) is 5.82. The van der Waals surface area contributed by atoms with E-state index >= 15 is 0 Å². The second-order valence-electron chi connectivity index (χ2n) is 6.23. The summed E-state index contributed by atoms with van der Waals surface area (Å²) in [5.41, 5.74) is 0.199. The molecular weight excluding hydrogens is 200 g/mol. The van der Waals surface area contributed by atoms with Crippen LogP contribution in [0.2, 0.25) is 19.6 Å². The molecule has 0 N–H and O–H groups in total. The van der Waals surface area contributed by atoms with Crippen LogP contribution in [0.15, 0.2) is 12.2 Å². The minimum atomic E-state index is -1.44. The Morgan fingerprint density at radius 3 is 2.07 bits per heavy atom. The molecule has 1 nitrogen and oxygen atoms in total. The van der Waals surface area contributed by atoms with Crippen molar-refractivity contribution in [3.63, 3.8) is 0 Å². The molecule has 0 aliphatic carbocycles. The average molecular weight is 228 g/mol. The monoisotopic (exact) mass is 228 g/mol. The van der Waals surface area contributed by atoms with Crippen LogP contribution in [-0.2, 0) is 4.43 Å². The maximum absolute atomic E-state index is 6.20. The van der Waals surface area contributed by atoms with E-state index in [-0.39, 0.29) is 11.5 Å². The molecule has 15 heavy (non-hydrogen) atoms. The van der Waals surface area contributed by atoms with Crippen LogP contribution in [0.3, 0.4) is 0 Å². The smallest absolute Gasteiger partial charge is 0.184 e. The Balaban J connectivity index is 4.47. The van der Waals surface area contributed by atoms with E-state index in [0.717, 1.165) is 6.42 Å². The van der Waals surface area contributed by atoms with Crippen molar-refractivity contribution in [3.8, 4) is 0 Å². The number of allylic oxidation sites excluding steroid dienone is 1. The summed E-state index contributed by atoms with van der Waals surface area (Å²) in [5.74, 6) is 0. The van der Waals surface area contributed by atoms with E-state index in [1.807, 2.05) is 0 Å². The Labute approximate surface area is 97.0 Å². The van der Waals surface area contributed by atoms with Gasteiger partial charge in [-0.3, -0.25) is 0 Å². The maximum Gasteiger partial charge on any atom is 0.184 e. The Bertz CT molecular complexity index is 196. The lowest BCUT2D eigenvalue weighted by molar-refractivity contribution is 0.122. The van der Waals surface area contributed by atoms with Crippen molar-refractivity contribution in [2.75, 3.05) is 0 Å². The number of hydrogen-bond acceptors (Lipinski definition) is 1. The summed E-state index contributed by atoms with van der Waals surface area (Å²) in [6.07, 6.45) is 7.13. The maximum atomic E-state index is 6.20. The van der Waals surface area contributed by atoms with E-state index in [0.29, 0.717) is 0 Å². The van der Waals surface area contributed by atoms with Gasteiger partial charge in [-0.2, -0.15) is 0 Å². The van der Waals surface area contributed by atoms with Gasteiger partial charge in [-0.05, 0) is 31.5 Å². The summed E-state index contributed by atoms with van der Waals surface area (Å²) in [7, 11) is -1.44. The lowest BCUT2D eigenvalue weighted by atomic mass is 9.89. The Morgan fingerprint density at radius 2 is 1.73 bits per heavy atom. The van der Waals surface area contributed by atoms with Gasteiger partial charge in [0, 0.05) is 0 Å². The molecule has 0 aliphatic rings. The molecule has 0 bridgehead atoms. The predicted octanol–water partition coefficient (Wildman–Crippen LogP) is 4.61. The molecule has 0 saturated carbocycles. The standard InChI is InChI=1S/C13H28OSi/c1-8-9-10-11-12(13(2,3)4)14-15(5,6)7/h10-12H,8-9H2,1-7H3/b11-10+. The molecule has 0 saturated heterocycles. The summed E-state index contributed by atoms with van der Waals surface area (Å²) in [6, 6.07) is 0. The molecule has 1 atom stereocenters. The second kappa shape index (κ2) is 5.85. The zero-order chi connectivity index (χ0) is 12.1. The van der Waals surface area contributed by atoms with Gasteiger partial charge < -0.3 is 4.43 Å². The first-order chi connectivity index (χ1) is 6.67. The van der Waals surface area contributed by atoms with E-state index in [1.165, 1.54) is 6.42 Å². The lowest BCUT2D eigenvalue weighted by Gasteiger charge is -2.34. The van der Waals surface area contributed by atoms with Crippen molar-refractivity contribution >= 4 is 8.32 Å². The van der Waals surface area contributed by atoms with Crippen LogP contribution < -0.4 is 0 Å². The lowest BCUT2D eigenvalue weighted by Crippen LogP contribution is -2.38. The van der Waals surface area contributed by atoms with Crippen LogP contribution >= 0.6 is 0 Å². The van der Waals surface area contributed by atoms with Crippen molar-refractivity contribution < 1.29 is 4.43 Å². The van der Waals surface area contributed by atoms with Gasteiger partial charge in [-0.25, -0.2) is 0 Å². The van der Waals surface area contributed by atoms with Gasteiger partial charge in [0.2, 0.25) is 0 Å². The first-order valence-electron chi connectivity index (χ1n) is 6.01. The van der Waals surface area contributed by atoms with Crippen molar-refractivity contribution in [1.29, 1.82) is 0 Å². The molecule has 0 radical (unpaired) electrons. The minimum absolute atomic E-state index is 0.199. The summed E-state index contributed by atoms with van der Waals surface area (Å²) in [6.45, 7) is 15.7. The van der Waals surface area contributed by atoms with Crippen molar-refractivity contribution in [1.82, 2.24) is 0 Å². The quantitative estimate of drug-likeness (QED) is 0.493. The van der Waals surface area contributed by atoms with Gasteiger partial charge in [0.1, 0.15) is 0 Å². The van der Waals surface area contributed by atoms with Gasteiger partial charge in [0.05, 0.1) is 6.10 Å². The minimum Gasteiger partial charge on any atom is -0.411 e. The summed E-state index contributed by atoms with van der Waals surface area (Å²) in [5, 5.41) is 0. The van der Waals surface area contributed by atoms with Gasteiger partial charge in [-0.15, -0.1) is 0 Å². The first kappa shape index (κ1) is 14.9. The Hall–Kier alpha value is -0.0831. The highest BCUT2D eigenvalue weighted by Gasteiger charge is 2.28. The largest absolute Gasteiger partial charge is 0.411 e. The molecule has 1 unspecified atom stereocenters. The second-order valence-corrected chi connectivity index (χ2v) is 10.7. The normalized spacial score (nSPS) is 15.9. The van der Waals surface area contributed by atoms with E-state index in [9.17, 15) is 0 Å². The summed E-state index contributed by atoms with van der Waals surface area (Å²) >= 11 is 0. The number of hydrogen-bond donors (Lipinski definition) is 0. The molecule has 0 aromatic heterocycles. The highest BCUT2D eigenvalue weighted by molar-refractivity contribution is 6.69. The molecular formula is C13H28OSi. The molecule has 0 aromatic carbocycles. The van der Waals surface area contributed by atoms with Crippen LogP contribution in [0.4, 0.5) is 0 Å². The summed E-state index contributed by atoms with van der Waals surface area (Å²) in [4.78, 5) is 0. The van der Waals surface area contributed by atoms with Crippen molar-refractivity contribution in [2.24, 2.45) is 5.41 Å². The molecule has 0 amide bonds. The fraction of sp³-hybridized carbons (Fsp3) is 0.846. The van der Waals surface area contributed by atoms with Crippen LogP contribution in [0.5, 0.6) is 0 Å². The van der Waals surface area contributed by atoms with E-state index < -0.39 is 8.32 Å². The molecule has 0 spiro atoms. The van der Waals surface area contributed by atoms with Crippen LogP contribution in [-0.4, -0.2) is 14.4 Å². The van der Waals surface area contributed by atoms with Crippen LogP contribution in [0, 0.1) is 5.41 Å². The van der Waals surface area contributed by atoms with E-state index in [2.05, 4.69) is 59.5 Å². The third kappa shape index (κ3) is 7.80. The Morgan fingerprint density at radius 1 is 1.20 bits per heavy atom. The van der Waals surface area contributed by atoms with Gasteiger partial charge in [0.25, 0.3) is 0 Å². The number of unbranched alkanes of at least 4 members (excludes halogenated alkanes) is 1. The zero-order valence-corrected chi connectivity index (χ0v) is 12.6. The third-order valence-corrected chi connectivity index (χ3v) is 3.06. The fourth-order valence-electron chi connectivity index (χ4n) is 1.27. The molecule has 2 heteroatoms.